The van der Waals surface area contributed by atoms with Gasteiger partial charge in [-0.15, -0.1) is 13.2 Å². The molecule has 0 aliphatic rings. The summed E-state index contributed by atoms with van der Waals surface area (Å²) in [6, 6.07) is 10.8. The maximum Gasteiger partial charge on any atom is 0.573 e. The molecule has 0 spiro atoms. The van der Waals surface area contributed by atoms with Crippen molar-refractivity contribution in [2.45, 2.75) is 12.9 Å². The van der Waals surface area contributed by atoms with Crippen LogP contribution in [0.2, 0.25) is 0 Å². The highest BCUT2D eigenvalue weighted by molar-refractivity contribution is 5.94. The minimum Gasteiger partial charge on any atom is -0.406 e. The minimum atomic E-state index is -4.82. The quantitative estimate of drug-likeness (QED) is 0.314. The Morgan fingerprint density at radius 2 is 1.89 bits per heavy atom. The Kier molecular flexibility index (Phi) is 6.07. The average Bonchev–Trinajstić information content (AvgIpc) is 3.48. The highest BCUT2D eigenvalue weighted by Gasteiger charge is 2.31. The molecule has 0 unspecified atom stereocenters. The molecule has 2 N–H and O–H groups in total. The number of carbonyl (C=O) groups excluding carboxylic acids is 1. The van der Waals surface area contributed by atoms with Crippen LogP contribution in [-0.4, -0.2) is 37.0 Å². The van der Waals surface area contributed by atoms with E-state index >= 15 is 0 Å². The second-order valence-electron chi connectivity index (χ2n) is 8.11. The van der Waals surface area contributed by atoms with Gasteiger partial charge < -0.3 is 15.0 Å². The van der Waals surface area contributed by atoms with Crippen LogP contribution in [0.15, 0.2) is 67.1 Å². The lowest BCUT2D eigenvalue weighted by Gasteiger charge is -2.10. The minimum absolute atomic E-state index is 0.106. The highest BCUT2D eigenvalue weighted by Crippen LogP contribution is 2.29. The van der Waals surface area contributed by atoms with Crippen molar-refractivity contribution in [3.05, 3.63) is 84.1 Å². The van der Waals surface area contributed by atoms with Gasteiger partial charge in [0.15, 0.2) is 5.65 Å². The van der Waals surface area contributed by atoms with Crippen LogP contribution in [0.1, 0.15) is 15.9 Å². The molecule has 0 aliphatic carbocycles. The van der Waals surface area contributed by atoms with E-state index < -0.39 is 23.8 Å². The number of nitrogens with one attached hydrogen (secondary N) is 2. The first kappa shape index (κ1) is 24.0. The average molecular weight is 510 g/mol. The molecule has 0 fully saturated rings. The maximum atomic E-state index is 14.9. The predicted octanol–water partition coefficient (Wildman–Crippen LogP) is 4.99. The lowest BCUT2D eigenvalue weighted by molar-refractivity contribution is -0.274. The Labute approximate surface area is 206 Å². The maximum absolute atomic E-state index is 14.9. The molecule has 3 heterocycles. The van der Waals surface area contributed by atoms with E-state index in [9.17, 15) is 22.4 Å². The van der Waals surface area contributed by atoms with Crippen LogP contribution in [0.25, 0.3) is 33.7 Å². The third-order valence-electron chi connectivity index (χ3n) is 5.52. The van der Waals surface area contributed by atoms with E-state index in [1.807, 2.05) is 6.20 Å². The number of carbonyl (C=O) groups is 1. The predicted molar refractivity (Wildman–Crippen MR) is 126 cm³/mol. The van der Waals surface area contributed by atoms with Gasteiger partial charge in [-0.2, -0.15) is 5.10 Å². The standard InChI is InChI=1S/C25H18F4N6O2/c1-35-13-17(12-32-35)22-33-21-19(8-9-30-23(21)34-22)15-2-3-16(20(26)10-15)11-31-24(36)14-4-6-18(7-5-14)37-25(27,28)29/h2-10,12-13H,11H2,1H3,(H,31,36)(H,30,33,34). The summed E-state index contributed by atoms with van der Waals surface area (Å²) in [7, 11) is 1.80. The first-order valence-corrected chi connectivity index (χ1v) is 10.9. The summed E-state index contributed by atoms with van der Waals surface area (Å²) in [5.41, 5.74) is 3.52. The van der Waals surface area contributed by atoms with Gasteiger partial charge in [-0.1, -0.05) is 12.1 Å². The molecular formula is C25H18F4N6O2. The van der Waals surface area contributed by atoms with E-state index in [4.69, 9.17) is 0 Å². The summed E-state index contributed by atoms with van der Waals surface area (Å²) >= 11 is 0. The molecule has 0 bridgehead atoms. The Bertz CT molecular complexity index is 1590. The Balaban J connectivity index is 1.31. The smallest absolute Gasteiger partial charge is 0.406 e. The van der Waals surface area contributed by atoms with Crippen LogP contribution in [-0.2, 0) is 13.6 Å². The summed E-state index contributed by atoms with van der Waals surface area (Å²) in [6.07, 6.45) is 0.243. The second kappa shape index (κ2) is 9.37. The highest BCUT2D eigenvalue weighted by atomic mass is 19.4. The lowest BCUT2D eigenvalue weighted by Crippen LogP contribution is -2.23. The third kappa shape index (κ3) is 5.27. The number of hydrogen-bond acceptors (Lipinski definition) is 5. The zero-order valence-corrected chi connectivity index (χ0v) is 19.2. The number of halogens is 4. The van der Waals surface area contributed by atoms with E-state index in [0.29, 0.717) is 28.1 Å². The van der Waals surface area contributed by atoms with Crippen molar-refractivity contribution in [1.82, 2.24) is 30.0 Å². The van der Waals surface area contributed by atoms with Gasteiger partial charge in [0, 0.05) is 42.7 Å². The Hall–Kier alpha value is -4.74. The van der Waals surface area contributed by atoms with Gasteiger partial charge in [0.05, 0.1) is 17.3 Å². The Morgan fingerprint density at radius 1 is 1.11 bits per heavy atom. The van der Waals surface area contributed by atoms with Gasteiger partial charge in [-0.25, -0.2) is 14.4 Å². The molecule has 12 heteroatoms. The topological polar surface area (TPSA) is 97.7 Å². The number of hydrogen-bond donors (Lipinski definition) is 2. The van der Waals surface area contributed by atoms with Crippen molar-refractivity contribution in [3.8, 4) is 28.3 Å². The third-order valence-corrected chi connectivity index (χ3v) is 5.52. The van der Waals surface area contributed by atoms with E-state index in [2.05, 4.69) is 30.1 Å². The number of pyridine rings is 1. The monoisotopic (exact) mass is 510 g/mol. The number of aromatic nitrogens is 5. The van der Waals surface area contributed by atoms with Gasteiger partial charge in [0.25, 0.3) is 5.91 Å². The number of aryl methyl sites for hydroxylation is 1. The van der Waals surface area contributed by atoms with E-state index in [1.165, 1.54) is 18.2 Å². The van der Waals surface area contributed by atoms with Crippen molar-refractivity contribution >= 4 is 17.1 Å². The molecule has 0 atom stereocenters. The fraction of sp³-hybridized carbons (Fsp3) is 0.120. The molecule has 5 aromatic rings. The summed E-state index contributed by atoms with van der Waals surface area (Å²) < 4.78 is 57.2. The molecule has 37 heavy (non-hydrogen) atoms. The SMILES string of the molecule is Cn1cc(-c2nc3nccc(-c4ccc(CNC(=O)c5ccc(OC(F)(F)F)cc5)c(F)c4)c3[nH]2)cn1. The molecule has 0 aliphatic heterocycles. The molecule has 5 rings (SSSR count). The number of rotatable bonds is 6. The molecule has 0 saturated heterocycles. The van der Waals surface area contributed by atoms with Crippen molar-refractivity contribution in [3.63, 3.8) is 0 Å². The largest absolute Gasteiger partial charge is 0.573 e. The van der Waals surface area contributed by atoms with Crippen molar-refractivity contribution in [2.75, 3.05) is 0 Å². The lowest BCUT2D eigenvalue weighted by atomic mass is 10.0. The van der Waals surface area contributed by atoms with Gasteiger partial charge in [-0.05, 0) is 42.0 Å². The number of amides is 1. The molecule has 188 valence electrons. The van der Waals surface area contributed by atoms with Crippen molar-refractivity contribution in [1.29, 1.82) is 0 Å². The van der Waals surface area contributed by atoms with Crippen LogP contribution >= 0.6 is 0 Å². The number of alkyl halides is 3. The van der Waals surface area contributed by atoms with Crippen molar-refractivity contribution in [2.24, 2.45) is 7.05 Å². The van der Waals surface area contributed by atoms with E-state index in [1.54, 1.807) is 42.3 Å². The summed E-state index contributed by atoms with van der Waals surface area (Å²) in [5, 5.41) is 6.70. The molecular weight excluding hydrogens is 492 g/mol. The first-order valence-electron chi connectivity index (χ1n) is 10.9. The number of imidazole rings is 1. The second-order valence-corrected chi connectivity index (χ2v) is 8.11. The molecule has 0 saturated carbocycles. The van der Waals surface area contributed by atoms with Gasteiger partial charge in [-0.3, -0.25) is 9.48 Å². The number of nitrogens with zero attached hydrogens (tertiary/aromatic N) is 4. The first-order chi connectivity index (χ1) is 17.7. The van der Waals surface area contributed by atoms with Crippen LogP contribution in [0.5, 0.6) is 5.75 Å². The van der Waals surface area contributed by atoms with E-state index in [-0.39, 0.29) is 17.7 Å². The zero-order valence-electron chi connectivity index (χ0n) is 19.2. The van der Waals surface area contributed by atoms with Gasteiger partial charge in [0.2, 0.25) is 0 Å². The van der Waals surface area contributed by atoms with Crippen molar-refractivity contribution < 1.29 is 27.1 Å². The molecule has 3 aromatic heterocycles. The fourth-order valence-corrected chi connectivity index (χ4v) is 3.78. The molecule has 2 aromatic carbocycles. The van der Waals surface area contributed by atoms with Gasteiger partial charge >= 0.3 is 6.36 Å². The van der Waals surface area contributed by atoms with Crippen LogP contribution in [0, 0.1) is 5.82 Å². The fourth-order valence-electron chi connectivity index (χ4n) is 3.78. The number of fused-ring (bicyclic) bond motifs is 1. The molecule has 0 radical (unpaired) electrons. The van der Waals surface area contributed by atoms with Gasteiger partial charge in [0.1, 0.15) is 17.4 Å². The zero-order chi connectivity index (χ0) is 26.2. The van der Waals surface area contributed by atoms with Crippen LogP contribution < -0.4 is 10.1 Å². The number of aromatic amines is 1. The van der Waals surface area contributed by atoms with Crippen LogP contribution in [0.4, 0.5) is 17.6 Å². The number of ether oxygens (including phenoxy) is 1. The summed E-state index contributed by atoms with van der Waals surface area (Å²) in [6.45, 7) is -0.118. The normalized spacial score (nSPS) is 11.6. The number of H-pyrrole nitrogens is 1. The molecule has 8 nitrogen and oxygen atoms in total. The number of benzene rings is 2. The van der Waals surface area contributed by atoms with E-state index in [0.717, 1.165) is 17.7 Å². The Morgan fingerprint density at radius 3 is 2.57 bits per heavy atom. The van der Waals surface area contributed by atoms with Crippen LogP contribution in [0.3, 0.4) is 0 Å². The summed E-state index contributed by atoms with van der Waals surface area (Å²) in [5.74, 6) is -0.969. The summed E-state index contributed by atoms with van der Waals surface area (Å²) in [4.78, 5) is 24.4. The molecule has 1 amide bonds.